The van der Waals surface area contributed by atoms with Crippen LogP contribution in [0.25, 0.3) is 0 Å². The molecule has 2 aromatic carbocycles. The standard InChI is InChI=1S/C20H24N6O2.ClH/c21-19(22)13-5-9-15(10-6-13)25-17(27)3-1-2-4-18(28)26-16-11-7-14(8-12-16)20(23)24;/h5-12H,1-4H2,(H3,21,22)(H3,23,24)(H,25,27)(H,26,28);1H. The smallest absolute Gasteiger partial charge is 0.224 e. The molecule has 8 N–H and O–H groups in total. The predicted molar refractivity (Wildman–Crippen MR) is 118 cm³/mol. The molecular formula is C20H25ClN6O2. The summed E-state index contributed by atoms with van der Waals surface area (Å²) in [6, 6.07) is 13.5. The molecule has 2 amide bonds. The minimum atomic E-state index is -0.129. The van der Waals surface area contributed by atoms with Crippen LogP contribution < -0.4 is 22.1 Å². The minimum Gasteiger partial charge on any atom is -0.384 e. The van der Waals surface area contributed by atoms with Crippen LogP contribution in [0.15, 0.2) is 48.5 Å². The number of hydrogen-bond donors (Lipinski definition) is 6. The Kier molecular flexibility index (Phi) is 9.34. The van der Waals surface area contributed by atoms with Crippen LogP contribution in [0.5, 0.6) is 0 Å². The zero-order valence-corrected chi connectivity index (χ0v) is 16.6. The lowest BCUT2D eigenvalue weighted by molar-refractivity contribution is -0.118. The van der Waals surface area contributed by atoms with Gasteiger partial charge in [0.15, 0.2) is 0 Å². The molecule has 0 heterocycles. The molecule has 0 aliphatic rings. The number of nitrogen functional groups attached to an aromatic ring is 2. The molecule has 0 aliphatic heterocycles. The van der Waals surface area contributed by atoms with Gasteiger partial charge < -0.3 is 22.1 Å². The summed E-state index contributed by atoms with van der Waals surface area (Å²) in [5.74, 6) is -0.302. The Balaban J connectivity index is 0.00000420. The van der Waals surface area contributed by atoms with E-state index in [0.717, 1.165) is 0 Å². The molecule has 2 aromatic rings. The Morgan fingerprint density at radius 2 is 1.00 bits per heavy atom. The van der Waals surface area contributed by atoms with Gasteiger partial charge in [-0.1, -0.05) is 0 Å². The van der Waals surface area contributed by atoms with E-state index < -0.39 is 0 Å². The highest BCUT2D eigenvalue weighted by atomic mass is 35.5. The van der Waals surface area contributed by atoms with E-state index in [4.69, 9.17) is 22.3 Å². The van der Waals surface area contributed by atoms with Gasteiger partial charge in [-0.3, -0.25) is 20.4 Å². The van der Waals surface area contributed by atoms with Crippen LogP contribution in [-0.4, -0.2) is 23.5 Å². The highest BCUT2D eigenvalue weighted by Gasteiger charge is 2.06. The van der Waals surface area contributed by atoms with Gasteiger partial charge in [0.2, 0.25) is 11.8 Å². The molecule has 29 heavy (non-hydrogen) atoms. The van der Waals surface area contributed by atoms with E-state index in [0.29, 0.717) is 48.2 Å². The van der Waals surface area contributed by atoms with Crippen molar-refractivity contribution < 1.29 is 9.59 Å². The molecule has 154 valence electrons. The number of benzene rings is 2. The van der Waals surface area contributed by atoms with Gasteiger partial charge in [0.05, 0.1) is 0 Å². The molecule has 0 spiro atoms. The van der Waals surface area contributed by atoms with Gasteiger partial charge in [0, 0.05) is 35.3 Å². The van der Waals surface area contributed by atoms with E-state index in [1.54, 1.807) is 48.5 Å². The van der Waals surface area contributed by atoms with Crippen molar-refractivity contribution in [3.63, 3.8) is 0 Å². The Hall–Kier alpha value is -3.39. The quantitative estimate of drug-likeness (QED) is 0.211. The molecule has 0 saturated heterocycles. The third kappa shape index (κ3) is 8.02. The number of carbonyl (C=O) groups is 2. The normalized spacial score (nSPS) is 9.79. The lowest BCUT2D eigenvalue weighted by Crippen LogP contribution is -2.14. The topological polar surface area (TPSA) is 158 Å². The fourth-order valence-corrected chi connectivity index (χ4v) is 2.48. The van der Waals surface area contributed by atoms with Crippen molar-refractivity contribution >= 4 is 47.3 Å². The Morgan fingerprint density at radius 1 is 0.690 bits per heavy atom. The molecular weight excluding hydrogens is 392 g/mol. The number of anilines is 2. The number of carbonyl (C=O) groups excluding carboxylic acids is 2. The van der Waals surface area contributed by atoms with E-state index in [-0.39, 0.29) is 35.9 Å². The Bertz CT molecular complexity index is 792. The van der Waals surface area contributed by atoms with E-state index in [2.05, 4.69) is 10.6 Å². The van der Waals surface area contributed by atoms with Gasteiger partial charge >= 0.3 is 0 Å². The second-order valence-electron chi connectivity index (χ2n) is 6.29. The van der Waals surface area contributed by atoms with Crippen LogP contribution in [0.2, 0.25) is 0 Å². The zero-order valence-electron chi connectivity index (χ0n) is 15.8. The van der Waals surface area contributed by atoms with Crippen LogP contribution >= 0.6 is 12.4 Å². The van der Waals surface area contributed by atoms with Crippen LogP contribution in [0.4, 0.5) is 11.4 Å². The van der Waals surface area contributed by atoms with Crippen molar-refractivity contribution in [3.8, 4) is 0 Å². The number of halogens is 1. The lowest BCUT2D eigenvalue weighted by Gasteiger charge is -2.07. The Morgan fingerprint density at radius 3 is 1.28 bits per heavy atom. The summed E-state index contributed by atoms with van der Waals surface area (Å²) in [5, 5.41) is 20.2. The number of amidine groups is 2. The first-order valence-corrected chi connectivity index (χ1v) is 8.84. The van der Waals surface area contributed by atoms with Crippen LogP contribution in [0.3, 0.4) is 0 Å². The monoisotopic (exact) mass is 416 g/mol. The third-order valence-corrected chi connectivity index (χ3v) is 4.02. The van der Waals surface area contributed by atoms with Crippen molar-refractivity contribution in [2.45, 2.75) is 25.7 Å². The van der Waals surface area contributed by atoms with E-state index in [1.165, 1.54) is 0 Å². The maximum absolute atomic E-state index is 11.9. The summed E-state index contributed by atoms with van der Waals surface area (Å²) in [6.45, 7) is 0. The second kappa shape index (κ2) is 11.5. The zero-order chi connectivity index (χ0) is 20.5. The second-order valence-corrected chi connectivity index (χ2v) is 6.29. The summed E-state index contributed by atoms with van der Waals surface area (Å²) in [5.41, 5.74) is 13.3. The SMILES string of the molecule is Cl.N=C(N)c1ccc(NC(=O)CCCCC(=O)Nc2ccc(C(=N)N)cc2)cc1. The highest BCUT2D eigenvalue weighted by molar-refractivity contribution is 5.97. The van der Waals surface area contributed by atoms with E-state index >= 15 is 0 Å². The molecule has 0 radical (unpaired) electrons. The Labute approximate surface area is 175 Å². The van der Waals surface area contributed by atoms with Gasteiger partial charge in [0.1, 0.15) is 11.7 Å². The molecule has 0 fully saturated rings. The minimum absolute atomic E-state index is 0. The number of amides is 2. The molecule has 0 saturated carbocycles. The number of unbranched alkanes of at least 4 members (excludes halogenated alkanes) is 1. The summed E-state index contributed by atoms with van der Waals surface area (Å²) in [4.78, 5) is 23.9. The van der Waals surface area contributed by atoms with Crippen molar-refractivity contribution in [1.82, 2.24) is 0 Å². The summed E-state index contributed by atoms with van der Waals surface area (Å²) >= 11 is 0. The molecule has 0 aromatic heterocycles. The first-order valence-electron chi connectivity index (χ1n) is 8.84. The first kappa shape index (κ1) is 23.6. The van der Waals surface area contributed by atoms with Crippen LogP contribution in [-0.2, 0) is 9.59 Å². The van der Waals surface area contributed by atoms with Crippen molar-refractivity contribution in [1.29, 1.82) is 10.8 Å². The molecule has 0 bridgehead atoms. The number of nitrogens with two attached hydrogens (primary N) is 2. The third-order valence-electron chi connectivity index (χ3n) is 4.02. The van der Waals surface area contributed by atoms with Gasteiger partial charge in [-0.2, -0.15) is 0 Å². The molecule has 9 heteroatoms. The first-order chi connectivity index (χ1) is 13.3. The fraction of sp³-hybridized carbons (Fsp3) is 0.200. The maximum Gasteiger partial charge on any atom is 0.224 e. The lowest BCUT2D eigenvalue weighted by atomic mass is 10.1. The van der Waals surface area contributed by atoms with Gasteiger partial charge in [-0.25, -0.2) is 0 Å². The summed E-state index contributed by atoms with van der Waals surface area (Å²) in [6.07, 6.45) is 1.81. The number of rotatable bonds is 9. The average Bonchev–Trinajstić information content (AvgIpc) is 2.66. The van der Waals surface area contributed by atoms with Crippen molar-refractivity contribution in [2.75, 3.05) is 10.6 Å². The predicted octanol–water partition coefficient (Wildman–Crippen LogP) is 2.81. The van der Waals surface area contributed by atoms with Crippen LogP contribution in [0, 0.1) is 10.8 Å². The molecule has 0 atom stereocenters. The highest BCUT2D eigenvalue weighted by Crippen LogP contribution is 2.12. The van der Waals surface area contributed by atoms with E-state index in [1.807, 2.05) is 0 Å². The summed E-state index contributed by atoms with van der Waals surface area (Å²) in [7, 11) is 0. The fourth-order valence-electron chi connectivity index (χ4n) is 2.48. The maximum atomic E-state index is 11.9. The molecule has 0 aliphatic carbocycles. The largest absolute Gasteiger partial charge is 0.384 e. The van der Waals surface area contributed by atoms with Crippen molar-refractivity contribution in [3.05, 3.63) is 59.7 Å². The summed E-state index contributed by atoms with van der Waals surface area (Å²) < 4.78 is 0. The number of hydrogen-bond acceptors (Lipinski definition) is 4. The van der Waals surface area contributed by atoms with Crippen molar-refractivity contribution in [2.24, 2.45) is 11.5 Å². The molecule has 2 rings (SSSR count). The number of nitrogens with one attached hydrogen (secondary N) is 4. The van der Waals surface area contributed by atoms with Gasteiger partial charge in [-0.05, 0) is 61.4 Å². The van der Waals surface area contributed by atoms with Gasteiger partial charge in [0.25, 0.3) is 0 Å². The molecule has 8 nitrogen and oxygen atoms in total. The van der Waals surface area contributed by atoms with E-state index in [9.17, 15) is 9.59 Å². The average molecular weight is 417 g/mol. The van der Waals surface area contributed by atoms with Crippen LogP contribution in [0.1, 0.15) is 36.8 Å². The van der Waals surface area contributed by atoms with Gasteiger partial charge in [-0.15, -0.1) is 12.4 Å². The molecule has 0 unspecified atom stereocenters.